The number of nitrogens with one attached hydrogen (secondary N) is 1. The summed E-state index contributed by atoms with van der Waals surface area (Å²) in [6.07, 6.45) is 0. The zero-order chi connectivity index (χ0) is 18.0. The van der Waals surface area contributed by atoms with Gasteiger partial charge in [-0.1, -0.05) is 35.9 Å². The molecule has 1 heterocycles. The Balaban J connectivity index is 1.85. The van der Waals surface area contributed by atoms with E-state index in [1.165, 1.54) is 0 Å². The van der Waals surface area contributed by atoms with E-state index in [-0.39, 0.29) is 22.2 Å². The molecule has 5 nitrogen and oxygen atoms in total. The molecule has 1 aliphatic rings. The van der Waals surface area contributed by atoms with Crippen LogP contribution in [0.5, 0.6) is 5.75 Å². The number of benzene rings is 2. The number of rotatable bonds is 3. The molecule has 0 aromatic heterocycles. The van der Waals surface area contributed by atoms with Crippen molar-refractivity contribution in [1.82, 2.24) is 4.72 Å². The number of sulfonamides is 1. The van der Waals surface area contributed by atoms with E-state index < -0.39 is 10.0 Å². The Kier molecular flexibility index (Phi) is 5.01. The minimum Gasteiger partial charge on any atom is -0.492 e. The highest BCUT2D eigenvalue weighted by Crippen LogP contribution is 2.36. The van der Waals surface area contributed by atoms with Crippen LogP contribution in [0.25, 0.3) is 0 Å². The van der Waals surface area contributed by atoms with Gasteiger partial charge in [0.2, 0.25) is 0 Å². The Morgan fingerprint density at radius 3 is 2.60 bits per heavy atom. The van der Waals surface area contributed by atoms with E-state index in [1.54, 1.807) is 31.2 Å². The summed E-state index contributed by atoms with van der Waals surface area (Å²) in [5.74, 6) is 1.01. The second-order valence-corrected chi connectivity index (χ2v) is 8.19. The van der Waals surface area contributed by atoms with Crippen LogP contribution in [0.1, 0.15) is 24.1 Å². The molecule has 0 fully saturated rings. The number of para-hydroxylation sites is 1. The van der Waals surface area contributed by atoms with E-state index in [1.807, 2.05) is 31.2 Å². The minimum absolute atomic E-state index is 0.197. The smallest absolute Gasteiger partial charge is 0.262 e. The number of aliphatic imine (C=N–C) groups is 1. The first-order chi connectivity index (χ1) is 11.9. The first-order valence-corrected chi connectivity index (χ1v) is 9.78. The van der Waals surface area contributed by atoms with E-state index in [4.69, 9.17) is 16.3 Å². The van der Waals surface area contributed by atoms with Gasteiger partial charge >= 0.3 is 0 Å². The zero-order valence-corrected chi connectivity index (χ0v) is 15.5. The van der Waals surface area contributed by atoms with Crippen LogP contribution in [0, 0.1) is 6.92 Å². The lowest BCUT2D eigenvalue weighted by Gasteiger charge is -2.27. The van der Waals surface area contributed by atoms with Crippen LogP contribution in [-0.4, -0.2) is 26.2 Å². The summed E-state index contributed by atoms with van der Waals surface area (Å²) < 4.78 is 33.0. The van der Waals surface area contributed by atoms with E-state index in [2.05, 4.69) is 9.71 Å². The average Bonchev–Trinajstić information content (AvgIpc) is 2.57. The molecule has 0 saturated carbocycles. The predicted octanol–water partition coefficient (Wildman–Crippen LogP) is 3.43. The van der Waals surface area contributed by atoms with Crippen LogP contribution in [-0.2, 0) is 10.0 Å². The maximum Gasteiger partial charge on any atom is 0.262 e. The van der Waals surface area contributed by atoms with Crippen molar-refractivity contribution in [3.8, 4) is 5.75 Å². The molecule has 2 atom stereocenters. The van der Waals surface area contributed by atoms with Gasteiger partial charge in [0.1, 0.15) is 24.2 Å². The highest BCUT2D eigenvalue weighted by atomic mass is 35.5. The van der Waals surface area contributed by atoms with Gasteiger partial charge in [0.05, 0.1) is 10.3 Å². The van der Waals surface area contributed by atoms with Crippen molar-refractivity contribution in [2.24, 2.45) is 4.99 Å². The number of halogens is 1. The molecule has 0 bridgehead atoms. The number of amidine groups is 1. The van der Waals surface area contributed by atoms with Crippen LogP contribution in [0.2, 0.25) is 0 Å². The van der Waals surface area contributed by atoms with Gasteiger partial charge in [-0.3, -0.25) is 9.71 Å². The van der Waals surface area contributed by atoms with Gasteiger partial charge in [-0.05, 0) is 32.0 Å². The molecule has 0 saturated heterocycles. The molecular weight excluding hydrogens is 360 g/mol. The molecule has 0 amide bonds. The molecule has 2 aromatic rings. The molecule has 132 valence electrons. The molecule has 1 N–H and O–H groups in total. The molecular formula is C18H19ClN2O3S. The lowest BCUT2D eigenvalue weighted by molar-refractivity contribution is 0.274. The number of fused-ring (bicyclic) bond motifs is 1. The standard InChI is InChI=1S/C18H19ClN2O3S/c1-12-7-9-14(10-8-12)25(22,23)21-13(2)20-18-15-5-3-4-6-17(15)24-11-16(18)19/h3-10,16,18H,11H2,1-2H3,(H,20,21)/t16-,18-/m1/s1. The Morgan fingerprint density at radius 1 is 1.20 bits per heavy atom. The largest absolute Gasteiger partial charge is 0.492 e. The molecule has 0 spiro atoms. The maximum absolute atomic E-state index is 12.5. The normalized spacial score (nSPS) is 20.5. The van der Waals surface area contributed by atoms with Crippen LogP contribution >= 0.6 is 11.6 Å². The second kappa shape index (κ2) is 7.06. The number of aryl methyl sites for hydroxylation is 1. The number of alkyl halides is 1. The number of nitrogens with zero attached hydrogens (tertiary/aromatic N) is 1. The lowest BCUT2D eigenvalue weighted by Crippen LogP contribution is -2.31. The van der Waals surface area contributed by atoms with Crippen molar-refractivity contribution in [2.45, 2.75) is 30.2 Å². The molecule has 2 aromatic carbocycles. The third-order valence-electron chi connectivity index (χ3n) is 3.92. The van der Waals surface area contributed by atoms with Crippen molar-refractivity contribution < 1.29 is 13.2 Å². The Hall–Kier alpha value is -2.05. The van der Waals surface area contributed by atoms with Gasteiger partial charge in [0.15, 0.2) is 0 Å². The molecule has 7 heteroatoms. The lowest BCUT2D eigenvalue weighted by atomic mass is 10.0. The van der Waals surface area contributed by atoms with Crippen molar-refractivity contribution in [2.75, 3.05) is 6.61 Å². The van der Waals surface area contributed by atoms with Crippen LogP contribution in [0.3, 0.4) is 0 Å². The van der Waals surface area contributed by atoms with Gasteiger partial charge in [0.25, 0.3) is 10.0 Å². The van der Waals surface area contributed by atoms with Crippen molar-refractivity contribution >= 4 is 27.5 Å². The van der Waals surface area contributed by atoms with Gasteiger partial charge < -0.3 is 4.74 Å². The van der Waals surface area contributed by atoms with Crippen molar-refractivity contribution in [3.05, 3.63) is 59.7 Å². The molecule has 25 heavy (non-hydrogen) atoms. The summed E-state index contributed by atoms with van der Waals surface area (Å²) in [6.45, 7) is 3.85. The van der Waals surface area contributed by atoms with Crippen molar-refractivity contribution in [1.29, 1.82) is 0 Å². The third-order valence-corrected chi connectivity index (χ3v) is 5.75. The summed E-state index contributed by atoms with van der Waals surface area (Å²) in [7, 11) is -3.68. The SMILES string of the molecule is CC(=N[C@@H]1c2ccccc2OC[C@H]1Cl)NS(=O)(=O)c1ccc(C)cc1. The summed E-state index contributed by atoms with van der Waals surface area (Å²) in [6, 6.07) is 13.8. The van der Waals surface area contributed by atoms with Gasteiger partial charge in [0, 0.05) is 5.56 Å². The summed E-state index contributed by atoms with van der Waals surface area (Å²) in [5.41, 5.74) is 1.84. The minimum atomic E-state index is -3.68. The topological polar surface area (TPSA) is 67.8 Å². The molecule has 0 unspecified atom stereocenters. The number of ether oxygens (including phenoxy) is 1. The molecule has 3 rings (SSSR count). The summed E-state index contributed by atoms with van der Waals surface area (Å²) in [5, 5.41) is -0.367. The Bertz CT molecular complexity index is 895. The molecule has 1 aliphatic heterocycles. The fourth-order valence-corrected chi connectivity index (χ4v) is 3.98. The predicted molar refractivity (Wildman–Crippen MR) is 98.9 cm³/mol. The van der Waals surface area contributed by atoms with E-state index in [9.17, 15) is 8.42 Å². The monoisotopic (exact) mass is 378 g/mol. The van der Waals surface area contributed by atoms with Gasteiger partial charge in [-0.2, -0.15) is 0 Å². The highest BCUT2D eigenvalue weighted by molar-refractivity contribution is 7.90. The number of hydrogen-bond acceptors (Lipinski definition) is 4. The first kappa shape index (κ1) is 17.8. The third kappa shape index (κ3) is 3.96. The van der Waals surface area contributed by atoms with E-state index >= 15 is 0 Å². The number of hydrogen-bond donors (Lipinski definition) is 1. The fourth-order valence-electron chi connectivity index (χ4n) is 2.67. The van der Waals surface area contributed by atoms with E-state index in [0.717, 1.165) is 16.9 Å². The highest BCUT2D eigenvalue weighted by Gasteiger charge is 2.29. The van der Waals surface area contributed by atoms with Gasteiger partial charge in [-0.15, -0.1) is 11.6 Å². The summed E-state index contributed by atoms with van der Waals surface area (Å²) >= 11 is 6.35. The molecule has 0 radical (unpaired) electrons. The van der Waals surface area contributed by atoms with Crippen LogP contribution in [0.15, 0.2) is 58.4 Å². The Labute approximate surface area is 152 Å². The average molecular weight is 379 g/mol. The maximum atomic E-state index is 12.5. The quantitative estimate of drug-likeness (QED) is 0.505. The summed E-state index contributed by atoms with van der Waals surface area (Å²) in [4.78, 5) is 4.70. The van der Waals surface area contributed by atoms with Crippen LogP contribution in [0.4, 0.5) is 0 Å². The van der Waals surface area contributed by atoms with Crippen LogP contribution < -0.4 is 9.46 Å². The molecule has 0 aliphatic carbocycles. The zero-order valence-electron chi connectivity index (χ0n) is 13.9. The van der Waals surface area contributed by atoms with Crippen molar-refractivity contribution in [3.63, 3.8) is 0 Å². The van der Waals surface area contributed by atoms with E-state index in [0.29, 0.717) is 6.61 Å². The Morgan fingerprint density at radius 2 is 1.88 bits per heavy atom. The second-order valence-electron chi connectivity index (χ2n) is 5.94. The van der Waals surface area contributed by atoms with Gasteiger partial charge in [-0.25, -0.2) is 8.42 Å². The fraction of sp³-hybridized carbons (Fsp3) is 0.278. The first-order valence-electron chi connectivity index (χ1n) is 7.86.